The van der Waals surface area contributed by atoms with Gasteiger partial charge in [0.05, 0.1) is 12.9 Å². The number of piperidine rings is 1. The third-order valence-electron chi connectivity index (χ3n) is 4.21. The largest absolute Gasteiger partial charge is 0.381 e. The molecule has 2 aliphatic heterocycles. The summed E-state index contributed by atoms with van der Waals surface area (Å²) in [6.45, 7) is 5.23. The average Bonchev–Trinajstić information content (AvgIpc) is 2.89. The molecule has 3 heterocycles. The quantitative estimate of drug-likeness (QED) is 0.887. The second kappa shape index (κ2) is 5.85. The minimum Gasteiger partial charge on any atom is -0.381 e. The normalized spacial score (nSPS) is 26.3. The maximum Gasteiger partial charge on any atom is 0.0948 e. The van der Waals surface area contributed by atoms with Crippen molar-refractivity contribution >= 4 is 0 Å². The fourth-order valence-corrected chi connectivity index (χ4v) is 3.17. The van der Waals surface area contributed by atoms with Gasteiger partial charge in [-0.15, -0.1) is 0 Å². The average molecular weight is 249 g/mol. The van der Waals surface area contributed by atoms with Crippen LogP contribution in [0.1, 0.15) is 37.3 Å². The van der Waals surface area contributed by atoms with Gasteiger partial charge in [0.25, 0.3) is 0 Å². The molecule has 1 unspecified atom stereocenters. The van der Waals surface area contributed by atoms with Crippen molar-refractivity contribution in [1.29, 1.82) is 0 Å². The summed E-state index contributed by atoms with van der Waals surface area (Å²) in [7, 11) is 0. The van der Waals surface area contributed by atoms with Crippen LogP contribution in [0, 0.1) is 5.92 Å². The summed E-state index contributed by atoms with van der Waals surface area (Å²) in [6, 6.07) is 0. The predicted molar refractivity (Wildman–Crippen MR) is 70.6 cm³/mol. The molecule has 2 aliphatic rings. The molecule has 1 aromatic rings. The molecule has 0 aromatic carbocycles. The summed E-state index contributed by atoms with van der Waals surface area (Å²) in [6.07, 6.45) is 9.07. The zero-order valence-corrected chi connectivity index (χ0v) is 11.0. The molecule has 3 rings (SSSR count). The van der Waals surface area contributed by atoms with Crippen molar-refractivity contribution in [2.75, 3.05) is 26.3 Å². The molecule has 0 aliphatic carbocycles. The molecule has 0 amide bonds. The third kappa shape index (κ3) is 2.75. The van der Waals surface area contributed by atoms with E-state index in [-0.39, 0.29) is 0 Å². The van der Waals surface area contributed by atoms with Gasteiger partial charge >= 0.3 is 0 Å². The van der Waals surface area contributed by atoms with E-state index in [1.165, 1.54) is 31.4 Å². The van der Waals surface area contributed by atoms with Gasteiger partial charge in [0.2, 0.25) is 0 Å². The number of aromatic nitrogens is 2. The maximum absolute atomic E-state index is 5.57. The van der Waals surface area contributed by atoms with Crippen LogP contribution in [0.3, 0.4) is 0 Å². The lowest BCUT2D eigenvalue weighted by Crippen LogP contribution is -2.28. The van der Waals surface area contributed by atoms with Crippen molar-refractivity contribution in [3.8, 4) is 0 Å². The molecule has 1 N–H and O–H groups in total. The molecule has 4 heteroatoms. The lowest BCUT2D eigenvalue weighted by molar-refractivity contribution is 0.0479. The van der Waals surface area contributed by atoms with Crippen LogP contribution in [0.15, 0.2) is 12.5 Å². The van der Waals surface area contributed by atoms with E-state index in [4.69, 9.17) is 4.74 Å². The minimum atomic E-state index is 0.674. The minimum absolute atomic E-state index is 0.674. The summed E-state index contributed by atoms with van der Waals surface area (Å²) in [5.41, 5.74) is 1.43. The molecular weight excluding hydrogens is 226 g/mol. The van der Waals surface area contributed by atoms with Gasteiger partial charge < -0.3 is 14.6 Å². The first-order chi connectivity index (χ1) is 8.93. The van der Waals surface area contributed by atoms with E-state index in [9.17, 15) is 0 Å². The summed E-state index contributed by atoms with van der Waals surface area (Å²) >= 11 is 0. The highest BCUT2D eigenvalue weighted by molar-refractivity contribution is 5.08. The van der Waals surface area contributed by atoms with Gasteiger partial charge in [-0.05, 0) is 38.8 Å². The van der Waals surface area contributed by atoms with Crippen molar-refractivity contribution in [1.82, 2.24) is 14.9 Å². The Morgan fingerprint density at radius 3 is 3.00 bits per heavy atom. The van der Waals surface area contributed by atoms with E-state index in [0.29, 0.717) is 11.8 Å². The van der Waals surface area contributed by atoms with Gasteiger partial charge in [0.15, 0.2) is 0 Å². The van der Waals surface area contributed by atoms with E-state index in [2.05, 4.69) is 21.1 Å². The number of nitrogens with one attached hydrogen (secondary N) is 1. The van der Waals surface area contributed by atoms with E-state index in [1.807, 2.05) is 6.33 Å². The van der Waals surface area contributed by atoms with Crippen LogP contribution in [0.5, 0.6) is 0 Å². The van der Waals surface area contributed by atoms with Crippen LogP contribution in [-0.4, -0.2) is 35.9 Å². The smallest absolute Gasteiger partial charge is 0.0948 e. The zero-order valence-electron chi connectivity index (χ0n) is 11.0. The van der Waals surface area contributed by atoms with Gasteiger partial charge in [-0.1, -0.05) is 0 Å². The van der Waals surface area contributed by atoms with Gasteiger partial charge in [-0.2, -0.15) is 0 Å². The Morgan fingerprint density at radius 2 is 2.22 bits per heavy atom. The Labute approximate surface area is 109 Å². The highest BCUT2D eigenvalue weighted by Gasteiger charge is 2.21. The summed E-state index contributed by atoms with van der Waals surface area (Å²) < 4.78 is 7.94. The molecule has 0 radical (unpaired) electrons. The van der Waals surface area contributed by atoms with E-state index >= 15 is 0 Å². The first-order valence-corrected chi connectivity index (χ1v) is 7.22. The van der Waals surface area contributed by atoms with Crippen LogP contribution < -0.4 is 5.32 Å². The van der Waals surface area contributed by atoms with Crippen LogP contribution in [0.4, 0.5) is 0 Å². The summed E-state index contributed by atoms with van der Waals surface area (Å²) in [4.78, 5) is 4.36. The Hall–Kier alpha value is -0.870. The monoisotopic (exact) mass is 249 g/mol. The lowest BCUT2D eigenvalue weighted by Gasteiger charge is -2.27. The van der Waals surface area contributed by atoms with Crippen LogP contribution in [-0.2, 0) is 11.3 Å². The zero-order chi connectivity index (χ0) is 12.2. The highest BCUT2D eigenvalue weighted by Crippen LogP contribution is 2.26. The molecule has 100 valence electrons. The number of hydrogen-bond acceptors (Lipinski definition) is 3. The molecular formula is C14H23N3O. The van der Waals surface area contributed by atoms with Gasteiger partial charge in [-0.25, -0.2) is 4.98 Å². The van der Waals surface area contributed by atoms with Crippen molar-refractivity contribution in [2.24, 2.45) is 5.92 Å². The Bertz CT molecular complexity index is 365. The first-order valence-electron chi connectivity index (χ1n) is 7.22. The highest BCUT2D eigenvalue weighted by atomic mass is 16.5. The van der Waals surface area contributed by atoms with E-state index < -0.39 is 0 Å². The molecule has 0 spiro atoms. The molecule has 2 fully saturated rings. The van der Waals surface area contributed by atoms with Crippen molar-refractivity contribution < 1.29 is 4.74 Å². The van der Waals surface area contributed by atoms with Gasteiger partial charge in [0, 0.05) is 36.9 Å². The Kier molecular flexibility index (Phi) is 3.96. The summed E-state index contributed by atoms with van der Waals surface area (Å²) in [5.74, 6) is 1.37. The molecule has 4 nitrogen and oxygen atoms in total. The Balaban J connectivity index is 1.66. The van der Waals surface area contributed by atoms with E-state index in [0.717, 1.165) is 32.8 Å². The number of rotatable bonds is 3. The predicted octanol–water partition coefficient (Wildman–Crippen LogP) is 1.78. The molecule has 2 saturated heterocycles. The fraction of sp³-hybridized carbons (Fsp3) is 0.786. The number of nitrogens with zero attached hydrogens (tertiary/aromatic N) is 2. The SMILES string of the molecule is c1ncn(CC2CCCOC2)c1C1CCNCC1. The number of imidazole rings is 1. The Morgan fingerprint density at radius 1 is 1.33 bits per heavy atom. The fourth-order valence-electron chi connectivity index (χ4n) is 3.17. The molecule has 0 bridgehead atoms. The van der Waals surface area contributed by atoms with Crippen molar-refractivity contribution in [2.45, 2.75) is 38.1 Å². The van der Waals surface area contributed by atoms with Gasteiger partial charge in [-0.3, -0.25) is 0 Å². The number of hydrogen-bond donors (Lipinski definition) is 1. The summed E-state index contributed by atoms with van der Waals surface area (Å²) in [5, 5.41) is 3.43. The lowest BCUT2D eigenvalue weighted by atomic mass is 9.94. The first kappa shape index (κ1) is 12.2. The van der Waals surface area contributed by atoms with Crippen LogP contribution in [0.2, 0.25) is 0 Å². The van der Waals surface area contributed by atoms with Crippen molar-refractivity contribution in [3.63, 3.8) is 0 Å². The molecule has 1 aromatic heterocycles. The second-order valence-corrected chi connectivity index (χ2v) is 5.58. The van der Waals surface area contributed by atoms with E-state index in [1.54, 1.807) is 0 Å². The third-order valence-corrected chi connectivity index (χ3v) is 4.21. The second-order valence-electron chi connectivity index (χ2n) is 5.58. The molecule has 0 saturated carbocycles. The number of ether oxygens (including phenoxy) is 1. The maximum atomic E-state index is 5.57. The standard InChI is InChI=1S/C14H23N3O/c1-2-12(10-18-7-1)9-17-11-16-8-14(17)13-3-5-15-6-4-13/h8,11-13,15H,1-7,9-10H2. The van der Waals surface area contributed by atoms with Gasteiger partial charge in [0.1, 0.15) is 0 Å². The topological polar surface area (TPSA) is 39.1 Å². The van der Waals surface area contributed by atoms with Crippen LogP contribution >= 0.6 is 0 Å². The molecule has 18 heavy (non-hydrogen) atoms. The van der Waals surface area contributed by atoms with Crippen molar-refractivity contribution in [3.05, 3.63) is 18.2 Å². The van der Waals surface area contributed by atoms with Crippen LogP contribution in [0.25, 0.3) is 0 Å². The molecule has 1 atom stereocenters.